The number of benzene rings is 3. The Kier molecular flexibility index (Phi) is 9.11. The molecule has 1 amide bonds. The molecular formula is C31H41N7O. The fraction of sp³-hybridized carbons (Fsp3) is 0.387. The number of piperazine rings is 1. The summed E-state index contributed by atoms with van der Waals surface area (Å²) in [4.78, 5) is 19.9. The Morgan fingerprint density at radius 2 is 1.72 bits per heavy atom. The van der Waals surface area contributed by atoms with E-state index < -0.39 is 0 Å². The maximum atomic E-state index is 12.9. The molecule has 0 spiro atoms. The summed E-state index contributed by atoms with van der Waals surface area (Å²) in [6.07, 6.45) is 0. The Labute approximate surface area is 232 Å². The second kappa shape index (κ2) is 13.1. The van der Waals surface area contributed by atoms with Crippen LogP contribution >= 0.6 is 0 Å². The standard InChI is InChI=1S/C31H41N7O/c1-36-15-17-37(18-16-36)14-13-34-31(39)28-4-2-3-25(19-28)22-38-23-35-29-10-9-27(20-30(29)38)26-7-5-24(6-8-26)21-33-12-11-32/h2-10,19-20,33,35H,11-18,21-23,32H2,1H3,(H,34,39). The average Bonchev–Trinajstić information content (AvgIpc) is 3.36. The van der Waals surface area contributed by atoms with Gasteiger partial charge in [-0.05, 0) is 53.6 Å². The molecule has 5 N–H and O–H groups in total. The Bertz CT molecular complexity index is 1240. The minimum Gasteiger partial charge on any atom is -0.366 e. The minimum absolute atomic E-state index is 0.00474. The molecule has 0 aliphatic carbocycles. The number of carbonyl (C=O) groups is 1. The molecule has 0 atom stereocenters. The van der Waals surface area contributed by atoms with Crippen LogP contribution in [0.4, 0.5) is 11.4 Å². The van der Waals surface area contributed by atoms with Gasteiger partial charge < -0.3 is 31.5 Å². The van der Waals surface area contributed by atoms with Crippen molar-refractivity contribution in [2.75, 3.05) is 76.3 Å². The van der Waals surface area contributed by atoms with E-state index in [0.29, 0.717) is 18.7 Å². The highest BCUT2D eigenvalue weighted by atomic mass is 16.1. The molecule has 0 radical (unpaired) electrons. The number of nitrogens with one attached hydrogen (secondary N) is 3. The van der Waals surface area contributed by atoms with E-state index in [4.69, 9.17) is 5.73 Å². The lowest BCUT2D eigenvalue weighted by Crippen LogP contribution is -2.46. The van der Waals surface area contributed by atoms with Gasteiger partial charge in [0.2, 0.25) is 0 Å². The summed E-state index contributed by atoms with van der Waals surface area (Å²) in [6.45, 7) is 9.63. The summed E-state index contributed by atoms with van der Waals surface area (Å²) >= 11 is 0. The topological polar surface area (TPSA) is 88.9 Å². The lowest BCUT2D eigenvalue weighted by atomic mass is 10.0. The predicted molar refractivity (Wildman–Crippen MR) is 160 cm³/mol. The summed E-state index contributed by atoms with van der Waals surface area (Å²) in [5.74, 6) is -0.00474. The number of carbonyl (C=O) groups excluding carboxylic acids is 1. The van der Waals surface area contributed by atoms with Crippen LogP contribution in [0.1, 0.15) is 21.5 Å². The van der Waals surface area contributed by atoms with Crippen LogP contribution in [-0.4, -0.2) is 81.8 Å². The van der Waals surface area contributed by atoms with E-state index in [1.54, 1.807) is 0 Å². The van der Waals surface area contributed by atoms with Crippen LogP contribution in [0, 0.1) is 0 Å². The molecule has 5 rings (SSSR count). The first kappa shape index (κ1) is 27.1. The summed E-state index contributed by atoms with van der Waals surface area (Å²) < 4.78 is 0. The molecule has 1 saturated heterocycles. The third-order valence-corrected chi connectivity index (χ3v) is 7.61. The van der Waals surface area contributed by atoms with Gasteiger partial charge in [0.1, 0.15) is 0 Å². The first-order chi connectivity index (χ1) is 19.1. The van der Waals surface area contributed by atoms with E-state index in [0.717, 1.165) is 70.3 Å². The normalized spacial score (nSPS) is 15.7. The first-order valence-electron chi connectivity index (χ1n) is 14.0. The fourth-order valence-electron chi connectivity index (χ4n) is 5.21. The monoisotopic (exact) mass is 527 g/mol. The predicted octanol–water partition coefficient (Wildman–Crippen LogP) is 2.77. The van der Waals surface area contributed by atoms with Crippen molar-refractivity contribution in [2.24, 2.45) is 5.73 Å². The Balaban J connectivity index is 1.19. The number of rotatable bonds is 11. The molecule has 3 aromatic carbocycles. The van der Waals surface area contributed by atoms with E-state index in [2.05, 4.69) is 86.2 Å². The lowest BCUT2D eigenvalue weighted by molar-refractivity contribution is 0.0941. The molecule has 2 heterocycles. The van der Waals surface area contributed by atoms with Crippen LogP contribution in [0.15, 0.2) is 66.7 Å². The van der Waals surface area contributed by atoms with Gasteiger partial charge in [-0.2, -0.15) is 0 Å². The number of anilines is 2. The van der Waals surface area contributed by atoms with Crippen LogP contribution in [0.3, 0.4) is 0 Å². The molecule has 0 bridgehead atoms. The van der Waals surface area contributed by atoms with E-state index in [1.807, 2.05) is 18.2 Å². The van der Waals surface area contributed by atoms with Gasteiger partial charge in [-0.25, -0.2) is 0 Å². The Hall–Kier alpha value is -3.43. The maximum absolute atomic E-state index is 12.9. The molecule has 8 nitrogen and oxygen atoms in total. The van der Waals surface area contributed by atoms with Crippen molar-refractivity contribution in [3.8, 4) is 11.1 Å². The van der Waals surface area contributed by atoms with Crippen LogP contribution in [0.25, 0.3) is 11.1 Å². The second-order valence-corrected chi connectivity index (χ2v) is 10.5. The largest absolute Gasteiger partial charge is 0.366 e. The number of nitrogens with zero attached hydrogens (tertiary/aromatic N) is 3. The van der Waals surface area contributed by atoms with Gasteiger partial charge in [0, 0.05) is 71.0 Å². The molecule has 3 aromatic rings. The van der Waals surface area contributed by atoms with Crippen molar-refractivity contribution in [1.29, 1.82) is 0 Å². The van der Waals surface area contributed by atoms with Crippen molar-refractivity contribution in [1.82, 2.24) is 20.4 Å². The van der Waals surface area contributed by atoms with Gasteiger partial charge in [0.05, 0.1) is 18.0 Å². The van der Waals surface area contributed by atoms with Gasteiger partial charge >= 0.3 is 0 Å². The summed E-state index contributed by atoms with van der Waals surface area (Å²) in [6, 6.07) is 23.3. The minimum atomic E-state index is -0.00474. The summed E-state index contributed by atoms with van der Waals surface area (Å²) in [5.41, 5.74) is 13.4. The maximum Gasteiger partial charge on any atom is 0.251 e. The molecule has 8 heteroatoms. The van der Waals surface area contributed by atoms with Gasteiger partial charge in [-0.15, -0.1) is 0 Å². The molecule has 0 saturated carbocycles. The molecule has 2 aliphatic heterocycles. The summed E-state index contributed by atoms with van der Waals surface area (Å²) in [5, 5.41) is 9.96. The molecule has 39 heavy (non-hydrogen) atoms. The van der Waals surface area contributed by atoms with Crippen LogP contribution in [0.5, 0.6) is 0 Å². The highest BCUT2D eigenvalue weighted by Crippen LogP contribution is 2.36. The number of amides is 1. The quantitative estimate of drug-likeness (QED) is 0.285. The third kappa shape index (κ3) is 7.16. The molecular weight excluding hydrogens is 486 g/mol. The number of hydrogen-bond acceptors (Lipinski definition) is 7. The molecule has 0 aromatic heterocycles. The second-order valence-electron chi connectivity index (χ2n) is 10.5. The highest BCUT2D eigenvalue weighted by Gasteiger charge is 2.20. The zero-order chi connectivity index (χ0) is 27.0. The van der Waals surface area contributed by atoms with Crippen molar-refractivity contribution < 1.29 is 4.79 Å². The average molecular weight is 528 g/mol. The van der Waals surface area contributed by atoms with Crippen molar-refractivity contribution in [3.05, 3.63) is 83.4 Å². The Morgan fingerprint density at radius 1 is 0.923 bits per heavy atom. The van der Waals surface area contributed by atoms with Crippen molar-refractivity contribution >= 4 is 17.3 Å². The van der Waals surface area contributed by atoms with Gasteiger partial charge in [-0.3, -0.25) is 9.69 Å². The van der Waals surface area contributed by atoms with E-state index in [-0.39, 0.29) is 5.91 Å². The molecule has 1 fully saturated rings. The first-order valence-corrected chi connectivity index (χ1v) is 14.0. The zero-order valence-electron chi connectivity index (χ0n) is 23.0. The number of fused-ring (bicyclic) bond motifs is 1. The lowest BCUT2D eigenvalue weighted by Gasteiger charge is -2.32. The van der Waals surface area contributed by atoms with E-state index in [9.17, 15) is 4.79 Å². The number of likely N-dealkylation sites (N-methyl/N-ethyl adjacent to an activating group) is 1. The van der Waals surface area contributed by atoms with E-state index in [1.165, 1.54) is 22.4 Å². The van der Waals surface area contributed by atoms with Gasteiger partial charge in [-0.1, -0.05) is 42.5 Å². The van der Waals surface area contributed by atoms with Crippen molar-refractivity contribution in [2.45, 2.75) is 13.1 Å². The van der Waals surface area contributed by atoms with Crippen LogP contribution in [-0.2, 0) is 13.1 Å². The van der Waals surface area contributed by atoms with Crippen LogP contribution < -0.4 is 26.6 Å². The third-order valence-electron chi connectivity index (χ3n) is 7.61. The summed E-state index contributed by atoms with van der Waals surface area (Å²) in [7, 11) is 2.16. The fourth-order valence-corrected chi connectivity index (χ4v) is 5.21. The number of nitrogens with two attached hydrogens (primary N) is 1. The molecule has 206 valence electrons. The highest BCUT2D eigenvalue weighted by molar-refractivity contribution is 5.94. The van der Waals surface area contributed by atoms with Crippen LogP contribution in [0.2, 0.25) is 0 Å². The number of hydrogen-bond donors (Lipinski definition) is 4. The smallest absolute Gasteiger partial charge is 0.251 e. The van der Waals surface area contributed by atoms with Gasteiger partial charge in [0.15, 0.2) is 0 Å². The van der Waals surface area contributed by atoms with Crippen molar-refractivity contribution in [3.63, 3.8) is 0 Å². The molecule has 0 unspecified atom stereocenters. The SMILES string of the molecule is CN1CCN(CCNC(=O)c2cccc(CN3CNc4ccc(-c5ccc(CNCCN)cc5)cc43)c2)CC1. The molecule has 2 aliphatic rings. The van der Waals surface area contributed by atoms with Gasteiger partial charge in [0.25, 0.3) is 5.91 Å². The Morgan fingerprint density at radius 3 is 2.51 bits per heavy atom. The zero-order valence-corrected chi connectivity index (χ0v) is 23.0. The van der Waals surface area contributed by atoms with E-state index >= 15 is 0 Å².